The van der Waals surface area contributed by atoms with Crippen LogP contribution in [0.25, 0.3) is 0 Å². The Morgan fingerprint density at radius 1 is 1.04 bits per heavy atom. The van der Waals surface area contributed by atoms with Crippen molar-refractivity contribution in [2.45, 2.75) is 33.1 Å². The maximum atomic E-state index is 12.5. The van der Waals surface area contributed by atoms with E-state index in [4.69, 9.17) is 0 Å². The molecule has 3 rings (SSSR count). The quantitative estimate of drug-likeness (QED) is 0.881. The summed E-state index contributed by atoms with van der Waals surface area (Å²) in [5.41, 5.74) is 1.26. The van der Waals surface area contributed by atoms with Gasteiger partial charge in [-0.1, -0.05) is 13.0 Å². The summed E-state index contributed by atoms with van der Waals surface area (Å²) in [6, 6.07) is 7.02. The molecule has 1 heterocycles. The molecule has 3 amide bonds. The minimum Gasteiger partial charge on any atom is -0.342 e. The fraction of sp³-hybridized carbons (Fsp3) is 0.526. The number of nitrogens with zero attached hydrogens (tertiary/aromatic N) is 1. The molecule has 1 saturated carbocycles. The van der Waals surface area contributed by atoms with Gasteiger partial charge in [0.05, 0.1) is 11.8 Å². The lowest BCUT2D eigenvalue weighted by molar-refractivity contribution is -0.135. The molecule has 1 aliphatic carbocycles. The summed E-state index contributed by atoms with van der Waals surface area (Å²) in [7, 11) is 0. The van der Waals surface area contributed by atoms with Crippen molar-refractivity contribution in [1.82, 2.24) is 4.90 Å². The standard InChI is InChI=1S/C19H25N3O3/c1-12-6-8-22(9-7-12)19(25)17-11-16(17)18(24)21-15-5-3-4-14(10-15)20-13(2)23/h3-5,10,12,16-17H,6-9,11H2,1-2H3,(H,20,23)(H,21,24). The highest BCUT2D eigenvalue weighted by molar-refractivity contribution is 6.00. The van der Waals surface area contributed by atoms with Crippen molar-refractivity contribution < 1.29 is 14.4 Å². The summed E-state index contributed by atoms with van der Waals surface area (Å²) >= 11 is 0. The van der Waals surface area contributed by atoms with E-state index in [2.05, 4.69) is 17.6 Å². The summed E-state index contributed by atoms with van der Waals surface area (Å²) in [5.74, 6) is 0.108. The highest BCUT2D eigenvalue weighted by Gasteiger charge is 2.49. The van der Waals surface area contributed by atoms with Crippen LogP contribution in [0.1, 0.15) is 33.1 Å². The van der Waals surface area contributed by atoms with Crippen LogP contribution in [0.5, 0.6) is 0 Å². The molecule has 1 aromatic carbocycles. The van der Waals surface area contributed by atoms with E-state index >= 15 is 0 Å². The summed E-state index contributed by atoms with van der Waals surface area (Å²) in [6.45, 7) is 5.27. The van der Waals surface area contributed by atoms with Crippen LogP contribution in [0, 0.1) is 17.8 Å². The molecule has 25 heavy (non-hydrogen) atoms. The Morgan fingerprint density at radius 3 is 2.32 bits per heavy atom. The van der Waals surface area contributed by atoms with Crippen LogP contribution in [0.15, 0.2) is 24.3 Å². The zero-order valence-corrected chi connectivity index (χ0v) is 14.7. The van der Waals surface area contributed by atoms with Gasteiger partial charge in [-0.2, -0.15) is 0 Å². The van der Waals surface area contributed by atoms with Gasteiger partial charge in [-0.3, -0.25) is 14.4 Å². The Labute approximate surface area is 148 Å². The van der Waals surface area contributed by atoms with Crippen molar-refractivity contribution in [2.75, 3.05) is 23.7 Å². The SMILES string of the molecule is CC(=O)Nc1cccc(NC(=O)C2CC2C(=O)N2CCC(C)CC2)c1. The van der Waals surface area contributed by atoms with E-state index in [0.29, 0.717) is 23.7 Å². The van der Waals surface area contributed by atoms with Gasteiger partial charge in [-0.15, -0.1) is 0 Å². The smallest absolute Gasteiger partial charge is 0.228 e. The third kappa shape index (κ3) is 4.38. The van der Waals surface area contributed by atoms with Crippen LogP contribution < -0.4 is 10.6 Å². The number of rotatable bonds is 4. The number of anilines is 2. The second-order valence-electron chi connectivity index (χ2n) is 7.21. The maximum absolute atomic E-state index is 12.5. The summed E-state index contributed by atoms with van der Waals surface area (Å²) in [4.78, 5) is 37.9. The molecule has 2 unspecified atom stereocenters. The van der Waals surface area contributed by atoms with Crippen molar-refractivity contribution in [3.8, 4) is 0 Å². The lowest BCUT2D eigenvalue weighted by Gasteiger charge is -2.30. The summed E-state index contributed by atoms with van der Waals surface area (Å²) in [5, 5.41) is 5.54. The van der Waals surface area contributed by atoms with E-state index in [1.165, 1.54) is 6.92 Å². The van der Waals surface area contributed by atoms with Crippen LogP contribution in [0.3, 0.4) is 0 Å². The van der Waals surface area contributed by atoms with Gasteiger partial charge >= 0.3 is 0 Å². The zero-order chi connectivity index (χ0) is 18.0. The molecule has 1 saturated heterocycles. The van der Waals surface area contributed by atoms with E-state index in [1.807, 2.05) is 4.90 Å². The molecule has 134 valence electrons. The highest BCUT2D eigenvalue weighted by atomic mass is 16.2. The van der Waals surface area contributed by atoms with Gasteiger partial charge in [0.1, 0.15) is 0 Å². The first kappa shape index (κ1) is 17.5. The molecular weight excluding hydrogens is 318 g/mol. The summed E-state index contributed by atoms with van der Waals surface area (Å²) in [6.07, 6.45) is 2.72. The van der Waals surface area contributed by atoms with Gasteiger partial charge in [0.15, 0.2) is 0 Å². The molecular formula is C19H25N3O3. The molecule has 0 bridgehead atoms. The highest BCUT2D eigenvalue weighted by Crippen LogP contribution is 2.41. The molecule has 2 N–H and O–H groups in total. The topological polar surface area (TPSA) is 78.5 Å². The number of likely N-dealkylation sites (tertiary alicyclic amines) is 1. The molecule has 2 aliphatic rings. The van der Waals surface area contributed by atoms with Crippen LogP contribution in [-0.2, 0) is 14.4 Å². The van der Waals surface area contributed by atoms with Crippen LogP contribution in [0.2, 0.25) is 0 Å². The lowest BCUT2D eigenvalue weighted by Crippen LogP contribution is -2.39. The number of nitrogens with one attached hydrogen (secondary N) is 2. The normalized spacial score (nSPS) is 23.0. The van der Waals surface area contributed by atoms with Crippen LogP contribution in [-0.4, -0.2) is 35.7 Å². The third-order valence-electron chi connectivity index (χ3n) is 4.99. The van der Waals surface area contributed by atoms with Gasteiger partial charge in [0.2, 0.25) is 17.7 Å². The molecule has 1 aromatic rings. The number of benzene rings is 1. The number of carbonyl (C=O) groups excluding carboxylic acids is 3. The van der Waals surface area contributed by atoms with Crippen molar-refractivity contribution in [3.63, 3.8) is 0 Å². The fourth-order valence-corrected chi connectivity index (χ4v) is 3.33. The summed E-state index contributed by atoms with van der Waals surface area (Å²) < 4.78 is 0. The second-order valence-corrected chi connectivity index (χ2v) is 7.21. The Hall–Kier alpha value is -2.37. The predicted molar refractivity (Wildman–Crippen MR) is 96.0 cm³/mol. The minimum absolute atomic E-state index is 0.122. The predicted octanol–water partition coefficient (Wildman–Crippen LogP) is 2.48. The lowest BCUT2D eigenvalue weighted by atomic mass is 9.99. The molecule has 6 nitrogen and oxygen atoms in total. The number of amides is 3. The van der Waals surface area contributed by atoms with E-state index in [9.17, 15) is 14.4 Å². The van der Waals surface area contributed by atoms with Gasteiger partial charge in [-0.25, -0.2) is 0 Å². The maximum Gasteiger partial charge on any atom is 0.228 e. The van der Waals surface area contributed by atoms with Crippen molar-refractivity contribution in [2.24, 2.45) is 17.8 Å². The Bertz CT molecular complexity index is 680. The Balaban J connectivity index is 1.53. The second kappa shape index (κ2) is 7.25. The van der Waals surface area contributed by atoms with E-state index in [1.54, 1.807) is 24.3 Å². The van der Waals surface area contributed by atoms with Gasteiger partial charge < -0.3 is 15.5 Å². The molecule has 2 fully saturated rings. The molecule has 2 atom stereocenters. The van der Waals surface area contributed by atoms with Crippen molar-refractivity contribution >= 4 is 29.1 Å². The molecule has 0 spiro atoms. The van der Waals surface area contributed by atoms with E-state index in [0.717, 1.165) is 25.9 Å². The number of hydrogen-bond donors (Lipinski definition) is 2. The average molecular weight is 343 g/mol. The van der Waals surface area contributed by atoms with E-state index < -0.39 is 0 Å². The zero-order valence-electron chi connectivity index (χ0n) is 14.7. The first-order chi connectivity index (χ1) is 11.9. The Kier molecular flexibility index (Phi) is 5.06. The van der Waals surface area contributed by atoms with Crippen molar-refractivity contribution in [1.29, 1.82) is 0 Å². The third-order valence-corrected chi connectivity index (χ3v) is 4.99. The molecule has 0 radical (unpaired) electrons. The number of hydrogen-bond acceptors (Lipinski definition) is 3. The first-order valence-electron chi connectivity index (χ1n) is 8.91. The largest absolute Gasteiger partial charge is 0.342 e. The van der Waals surface area contributed by atoms with Crippen LogP contribution >= 0.6 is 0 Å². The van der Waals surface area contributed by atoms with Gasteiger partial charge in [-0.05, 0) is 43.4 Å². The fourth-order valence-electron chi connectivity index (χ4n) is 3.33. The van der Waals surface area contributed by atoms with Gasteiger partial charge in [0.25, 0.3) is 0 Å². The monoisotopic (exact) mass is 343 g/mol. The minimum atomic E-state index is -0.240. The van der Waals surface area contributed by atoms with E-state index in [-0.39, 0.29) is 29.6 Å². The molecule has 6 heteroatoms. The average Bonchev–Trinajstić information content (AvgIpc) is 3.35. The molecule has 0 aromatic heterocycles. The number of piperidine rings is 1. The Morgan fingerprint density at radius 2 is 1.68 bits per heavy atom. The first-order valence-corrected chi connectivity index (χ1v) is 8.91. The molecule has 1 aliphatic heterocycles. The van der Waals surface area contributed by atoms with Gasteiger partial charge in [0, 0.05) is 31.4 Å². The van der Waals surface area contributed by atoms with Crippen molar-refractivity contribution in [3.05, 3.63) is 24.3 Å². The number of carbonyl (C=O) groups is 3. The van der Waals surface area contributed by atoms with Crippen LogP contribution in [0.4, 0.5) is 11.4 Å².